The zero-order valence-corrected chi connectivity index (χ0v) is 20.3. The lowest BCUT2D eigenvalue weighted by Gasteiger charge is -2.42. The van der Waals surface area contributed by atoms with Crippen LogP contribution in [0.3, 0.4) is 0 Å². The van der Waals surface area contributed by atoms with E-state index in [1.54, 1.807) is 20.4 Å². The number of nitrogens with two attached hydrogens (primary N) is 1. The van der Waals surface area contributed by atoms with Gasteiger partial charge < -0.3 is 25.4 Å². The van der Waals surface area contributed by atoms with Crippen LogP contribution < -0.4 is 25.4 Å². The van der Waals surface area contributed by atoms with Gasteiger partial charge in [-0.15, -0.1) is 0 Å². The number of benzene rings is 2. The molecule has 2 heterocycles. The minimum atomic E-state index is 0.122. The third-order valence-electron chi connectivity index (χ3n) is 7.29. The number of anilines is 2. The average Bonchev–Trinajstić information content (AvgIpc) is 3.18. The van der Waals surface area contributed by atoms with E-state index in [-0.39, 0.29) is 11.5 Å². The SMILES string of the molecule is COc1ccc(NCC#Cc2cnc(N3CCC4(CC3)Cc3ccccc3[C@H]4N)cn2)cc1OC. The first kappa shape index (κ1) is 23.0. The lowest BCUT2D eigenvalue weighted by Crippen LogP contribution is -2.44. The molecule has 0 amide bonds. The van der Waals surface area contributed by atoms with E-state index in [4.69, 9.17) is 15.2 Å². The topological polar surface area (TPSA) is 85.5 Å². The van der Waals surface area contributed by atoms with Gasteiger partial charge in [0, 0.05) is 30.9 Å². The van der Waals surface area contributed by atoms with Crippen molar-refractivity contribution in [2.75, 3.05) is 44.1 Å². The molecule has 2 aliphatic rings. The van der Waals surface area contributed by atoms with E-state index in [1.165, 1.54) is 11.1 Å². The molecule has 1 spiro atoms. The highest BCUT2D eigenvalue weighted by molar-refractivity contribution is 5.55. The van der Waals surface area contributed by atoms with Crippen LogP contribution >= 0.6 is 0 Å². The van der Waals surface area contributed by atoms with Crippen LogP contribution in [0.25, 0.3) is 0 Å². The van der Waals surface area contributed by atoms with Crippen molar-refractivity contribution in [1.29, 1.82) is 0 Å². The van der Waals surface area contributed by atoms with Gasteiger partial charge in [-0.05, 0) is 53.9 Å². The first-order valence-electron chi connectivity index (χ1n) is 12.0. The smallest absolute Gasteiger partial charge is 0.162 e. The Morgan fingerprint density at radius 2 is 1.86 bits per heavy atom. The predicted octanol–water partition coefficient (Wildman–Crippen LogP) is 3.80. The number of nitrogens with one attached hydrogen (secondary N) is 1. The molecule has 2 aromatic carbocycles. The standard InChI is InChI=1S/C28H31N5O2/c1-34-24-10-9-21(16-25(24)35-2)30-13-5-7-22-18-32-26(19-31-22)33-14-11-28(12-15-33)17-20-6-3-4-8-23(20)27(28)29/h3-4,6,8-10,16,18-19,27,30H,11-15,17,29H2,1-2H3/t27-/m1/s1. The van der Waals surface area contributed by atoms with Gasteiger partial charge in [0.25, 0.3) is 0 Å². The lowest BCUT2D eigenvalue weighted by atomic mass is 9.73. The maximum absolute atomic E-state index is 6.70. The normalized spacial score (nSPS) is 17.9. The Morgan fingerprint density at radius 3 is 2.57 bits per heavy atom. The Balaban J connectivity index is 1.15. The Bertz CT molecular complexity index is 1240. The number of fused-ring (bicyclic) bond motifs is 1. The number of methoxy groups -OCH3 is 2. The quantitative estimate of drug-likeness (QED) is 0.550. The van der Waals surface area contributed by atoms with E-state index in [2.05, 4.69) is 56.3 Å². The number of rotatable bonds is 5. The summed E-state index contributed by atoms with van der Waals surface area (Å²) in [4.78, 5) is 11.5. The van der Waals surface area contributed by atoms with Crippen LogP contribution in [0.15, 0.2) is 54.9 Å². The first-order valence-corrected chi connectivity index (χ1v) is 12.0. The molecule has 0 radical (unpaired) electrons. The van der Waals surface area contributed by atoms with Gasteiger partial charge in [0.2, 0.25) is 0 Å². The molecule has 0 bridgehead atoms. The number of ether oxygens (including phenoxy) is 2. The minimum Gasteiger partial charge on any atom is -0.493 e. The molecule has 3 aromatic rings. The maximum atomic E-state index is 6.70. The van der Waals surface area contributed by atoms with E-state index >= 15 is 0 Å². The molecule has 0 unspecified atom stereocenters. The fourth-order valence-electron chi connectivity index (χ4n) is 5.26. The van der Waals surface area contributed by atoms with Crippen molar-refractivity contribution in [3.05, 3.63) is 71.7 Å². The average molecular weight is 470 g/mol. The Morgan fingerprint density at radius 1 is 1.06 bits per heavy atom. The molecule has 1 fully saturated rings. The van der Waals surface area contributed by atoms with E-state index in [0.717, 1.165) is 43.9 Å². The summed E-state index contributed by atoms with van der Waals surface area (Å²) in [5.41, 5.74) is 11.2. The third kappa shape index (κ3) is 4.62. The molecule has 3 N–H and O–H groups in total. The zero-order chi connectivity index (χ0) is 24.3. The van der Waals surface area contributed by atoms with Crippen LogP contribution in [-0.4, -0.2) is 43.8 Å². The summed E-state index contributed by atoms with van der Waals surface area (Å²) >= 11 is 0. The van der Waals surface area contributed by atoms with Crippen molar-refractivity contribution < 1.29 is 9.47 Å². The molecular formula is C28H31N5O2. The van der Waals surface area contributed by atoms with Gasteiger partial charge in [0.1, 0.15) is 11.5 Å². The largest absolute Gasteiger partial charge is 0.493 e. The number of aromatic nitrogens is 2. The highest BCUT2D eigenvalue weighted by Crippen LogP contribution is 2.50. The van der Waals surface area contributed by atoms with Gasteiger partial charge in [0.05, 0.1) is 33.2 Å². The summed E-state index contributed by atoms with van der Waals surface area (Å²) in [6.07, 6.45) is 6.78. The fourth-order valence-corrected chi connectivity index (χ4v) is 5.26. The summed E-state index contributed by atoms with van der Waals surface area (Å²) in [7, 11) is 3.24. The molecule has 1 atom stereocenters. The number of hydrogen-bond donors (Lipinski definition) is 2. The van der Waals surface area contributed by atoms with Crippen molar-refractivity contribution in [2.45, 2.75) is 25.3 Å². The highest BCUT2D eigenvalue weighted by Gasteiger charge is 2.45. The van der Waals surface area contributed by atoms with E-state index in [0.29, 0.717) is 23.7 Å². The van der Waals surface area contributed by atoms with E-state index in [1.807, 2.05) is 24.4 Å². The Kier molecular flexibility index (Phi) is 6.47. The minimum absolute atomic E-state index is 0.122. The van der Waals surface area contributed by atoms with Crippen LogP contribution in [-0.2, 0) is 6.42 Å². The summed E-state index contributed by atoms with van der Waals surface area (Å²) < 4.78 is 10.6. The highest BCUT2D eigenvalue weighted by atomic mass is 16.5. The van der Waals surface area contributed by atoms with Gasteiger partial charge in [0.15, 0.2) is 11.5 Å². The zero-order valence-electron chi connectivity index (χ0n) is 20.3. The second kappa shape index (κ2) is 9.85. The summed E-state index contributed by atoms with van der Waals surface area (Å²) in [5, 5.41) is 3.26. The van der Waals surface area contributed by atoms with Crippen LogP contribution in [0.5, 0.6) is 11.5 Å². The number of piperidine rings is 1. The van der Waals surface area contributed by atoms with Crippen LogP contribution in [0, 0.1) is 17.3 Å². The van der Waals surface area contributed by atoms with Gasteiger partial charge in [-0.2, -0.15) is 0 Å². The molecule has 180 valence electrons. The van der Waals surface area contributed by atoms with Crippen LogP contribution in [0.1, 0.15) is 35.7 Å². The van der Waals surface area contributed by atoms with Crippen LogP contribution in [0.4, 0.5) is 11.5 Å². The molecule has 1 aromatic heterocycles. The van der Waals surface area contributed by atoms with Crippen molar-refractivity contribution in [1.82, 2.24) is 9.97 Å². The van der Waals surface area contributed by atoms with Gasteiger partial charge in [-0.1, -0.05) is 30.2 Å². The molecule has 5 rings (SSSR count). The number of nitrogens with zero attached hydrogens (tertiary/aromatic N) is 3. The molecule has 7 nitrogen and oxygen atoms in total. The second-order valence-corrected chi connectivity index (χ2v) is 9.19. The van der Waals surface area contributed by atoms with Crippen molar-refractivity contribution >= 4 is 11.5 Å². The molecular weight excluding hydrogens is 438 g/mol. The van der Waals surface area contributed by atoms with Crippen molar-refractivity contribution in [3.63, 3.8) is 0 Å². The molecule has 1 aliphatic carbocycles. The van der Waals surface area contributed by atoms with E-state index < -0.39 is 0 Å². The van der Waals surface area contributed by atoms with Gasteiger partial charge >= 0.3 is 0 Å². The summed E-state index contributed by atoms with van der Waals surface area (Å²) in [6, 6.07) is 14.4. The van der Waals surface area contributed by atoms with Crippen LogP contribution in [0.2, 0.25) is 0 Å². The fraction of sp³-hybridized carbons (Fsp3) is 0.357. The molecule has 1 aliphatic heterocycles. The molecule has 7 heteroatoms. The van der Waals surface area contributed by atoms with Gasteiger partial charge in [-0.25, -0.2) is 9.97 Å². The van der Waals surface area contributed by atoms with E-state index in [9.17, 15) is 0 Å². The first-order chi connectivity index (χ1) is 17.1. The second-order valence-electron chi connectivity index (χ2n) is 9.19. The third-order valence-corrected chi connectivity index (χ3v) is 7.29. The summed E-state index contributed by atoms with van der Waals surface area (Å²) in [6.45, 7) is 2.36. The van der Waals surface area contributed by atoms with Crippen molar-refractivity contribution in [2.24, 2.45) is 11.1 Å². The van der Waals surface area contributed by atoms with Crippen molar-refractivity contribution in [3.8, 4) is 23.3 Å². The Hall–Kier alpha value is -3.76. The predicted molar refractivity (Wildman–Crippen MR) is 138 cm³/mol. The van der Waals surface area contributed by atoms with Gasteiger partial charge in [-0.3, -0.25) is 0 Å². The molecule has 0 saturated carbocycles. The lowest BCUT2D eigenvalue weighted by molar-refractivity contribution is 0.187. The summed E-state index contributed by atoms with van der Waals surface area (Å²) in [5.74, 6) is 8.44. The number of hydrogen-bond acceptors (Lipinski definition) is 7. The monoisotopic (exact) mass is 469 g/mol. The molecule has 35 heavy (non-hydrogen) atoms. The maximum Gasteiger partial charge on any atom is 0.162 e. The Labute approximate surface area is 206 Å². The molecule has 1 saturated heterocycles.